The van der Waals surface area contributed by atoms with Crippen LogP contribution in [-0.4, -0.2) is 43.0 Å². The highest BCUT2D eigenvalue weighted by atomic mass is 32.2. The number of carbonyl (C=O) groups excluding carboxylic acids is 1. The molecule has 2 N–H and O–H groups in total. The lowest BCUT2D eigenvalue weighted by atomic mass is 10.0. The van der Waals surface area contributed by atoms with Crippen LogP contribution in [0.1, 0.15) is 6.92 Å². The van der Waals surface area contributed by atoms with Gasteiger partial charge in [0.25, 0.3) is 15.6 Å². The van der Waals surface area contributed by atoms with Gasteiger partial charge in [0.05, 0.1) is 30.3 Å². The number of methoxy groups -OCH3 is 1. The number of pyridine rings is 1. The zero-order chi connectivity index (χ0) is 27.6. The summed E-state index contributed by atoms with van der Waals surface area (Å²) in [4.78, 5) is 32.5. The van der Waals surface area contributed by atoms with Crippen molar-refractivity contribution < 1.29 is 26.7 Å². The minimum absolute atomic E-state index is 0.109. The van der Waals surface area contributed by atoms with E-state index < -0.39 is 32.5 Å². The van der Waals surface area contributed by atoms with Crippen molar-refractivity contribution in [2.24, 2.45) is 5.92 Å². The Morgan fingerprint density at radius 2 is 1.89 bits per heavy atom. The van der Waals surface area contributed by atoms with Crippen LogP contribution in [0, 0.1) is 17.6 Å². The van der Waals surface area contributed by atoms with Crippen molar-refractivity contribution in [1.82, 2.24) is 19.9 Å². The molecule has 13 heteroatoms. The third-order valence-electron chi connectivity index (χ3n) is 5.82. The maximum absolute atomic E-state index is 14.2. The molecule has 0 unspecified atom stereocenters. The molecular weight excluding hydrogens is 520 g/mol. The Bertz CT molecular complexity index is 1710. The normalized spacial score (nSPS) is 12.2. The summed E-state index contributed by atoms with van der Waals surface area (Å²) in [6, 6.07) is 9.05. The molecule has 2 aromatic carbocycles. The van der Waals surface area contributed by atoms with Gasteiger partial charge in [-0.1, -0.05) is 19.1 Å². The molecule has 0 saturated carbocycles. The Labute approximate surface area is 216 Å². The van der Waals surface area contributed by atoms with Crippen molar-refractivity contribution in [2.75, 3.05) is 18.9 Å². The molecule has 0 aliphatic carbocycles. The number of hydrogen-bond donors (Lipinski definition) is 2. The number of rotatable bonds is 8. The molecule has 198 valence electrons. The SMILES string of the molecule is CNC(=O)[C@H](C)Cn1cnc2ccc(-c3cnc(OC)c(NS(=O)(=O)c4cccc(F)c4F)c3)cc2c1=O. The number of sulfonamides is 1. The van der Waals surface area contributed by atoms with E-state index in [0.717, 1.165) is 18.2 Å². The van der Waals surface area contributed by atoms with Crippen LogP contribution in [0.2, 0.25) is 0 Å². The molecule has 10 nitrogen and oxygen atoms in total. The molecule has 0 aliphatic heterocycles. The molecule has 4 rings (SSSR count). The van der Waals surface area contributed by atoms with Crippen LogP contribution >= 0.6 is 0 Å². The molecule has 0 radical (unpaired) electrons. The summed E-state index contributed by atoms with van der Waals surface area (Å²) in [5.41, 5.74) is 0.833. The first kappa shape index (κ1) is 26.7. The smallest absolute Gasteiger partial charge is 0.265 e. The van der Waals surface area contributed by atoms with Crippen molar-refractivity contribution in [2.45, 2.75) is 18.4 Å². The summed E-state index contributed by atoms with van der Waals surface area (Å²) in [5.74, 6) is -3.63. The van der Waals surface area contributed by atoms with E-state index in [1.165, 1.54) is 37.3 Å². The van der Waals surface area contributed by atoms with Gasteiger partial charge in [0.15, 0.2) is 11.6 Å². The van der Waals surface area contributed by atoms with Gasteiger partial charge >= 0.3 is 0 Å². The minimum Gasteiger partial charge on any atom is -0.480 e. The second-order valence-electron chi connectivity index (χ2n) is 8.39. The first-order valence-corrected chi connectivity index (χ1v) is 12.8. The van der Waals surface area contributed by atoms with Crippen LogP contribution in [0.25, 0.3) is 22.0 Å². The molecule has 0 saturated heterocycles. The summed E-state index contributed by atoms with van der Waals surface area (Å²) in [7, 11) is -1.76. The molecule has 1 amide bonds. The number of carbonyl (C=O) groups is 1. The maximum atomic E-state index is 14.2. The number of nitrogens with one attached hydrogen (secondary N) is 2. The zero-order valence-electron chi connectivity index (χ0n) is 20.5. The van der Waals surface area contributed by atoms with Gasteiger partial charge in [0.1, 0.15) is 10.6 Å². The number of benzene rings is 2. The number of amides is 1. The third kappa shape index (κ3) is 5.18. The monoisotopic (exact) mass is 543 g/mol. The molecule has 0 fully saturated rings. The Balaban J connectivity index is 1.74. The zero-order valence-corrected chi connectivity index (χ0v) is 21.3. The van der Waals surface area contributed by atoms with Gasteiger partial charge in [0.2, 0.25) is 11.8 Å². The topological polar surface area (TPSA) is 132 Å². The highest BCUT2D eigenvalue weighted by molar-refractivity contribution is 7.92. The van der Waals surface area contributed by atoms with Gasteiger partial charge in [-0.2, -0.15) is 0 Å². The van der Waals surface area contributed by atoms with E-state index in [1.54, 1.807) is 25.1 Å². The van der Waals surface area contributed by atoms with Crippen molar-refractivity contribution >= 4 is 32.5 Å². The Morgan fingerprint density at radius 1 is 1.13 bits per heavy atom. The van der Waals surface area contributed by atoms with E-state index in [-0.39, 0.29) is 35.0 Å². The summed E-state index contributed by atoms with van der Waals surface area (Å²) >= 11 is 0. The Morgan fingerprint density at radius 3 is 2.61 bits per heavy atom. The number of fused-ring (bicyclic) bond motifs is 1. The lowest BCUT2D eigenvalue weighted by molar-refractivity contribution is -0.124. The van der Waals surface area contributed by atoms with Gasteiger partial charge in [-0.15, -0.1) is 0 Å². The fourth-order valence-corrected chi connectivity index (χ4v) is 4.97. The summed E-state index contributed by atoms with van der Waals surface area (Å²) in [6.07, 6.45) is 2.78. The van der Waals surface area contributed by atoms with E-state index >= 15 is 0 Å². The summed E-state index contributed by atoms with van der Waals surface area (Å²) < 4.78 is 62.1. The van der Waals surface area contributed by atoms with E-state index in [0.29, 0.717) is 16.6 Å². The molecule has 2 aromatic heterocycles. The quantitative estimate of drug-likeness (QED) is 0.349. The number of hydrogen-bond acceptors (Lipinski definition) is 7. The number of nitrogens with zero attached hydrogens (tertiary/aromatic N) is 3. The number of ether oxygens (including phenoxy) is 1. The molecule has 4 aromatic rings. The molecule has 1 atom stereocenters. The van der Waals surface area contributed by atoms with E-state index in [1.807, 2.05) is 0 Å². The van der Waals surface area contributed by atoms with Crippen molar-refractivity contribution in [3.63, 3.8) is 0 Å². The van der Waals surface area contributed by atoms with Crippen molar-refractivity contribution in [1.29, 1.82) is 0 Å². The highest BCUT2D eigenvalue weighted by Gasteiger charge is 2.24. The van der Waals surface area contributed by atoms with Crippen LogP contribution < -0.4 is 20.3 Å². The molecule has 0 aliphatic rings. The van der Waals surface area contributed by atoms with Gasteiger partial charge < -0.3 is 10.1 Å². The molecule has 0 spiro atoms. The standard InChI is InChI=1S/C25H23F2N5O5S/c1-14(23(33)28-2)12-32-13-30-19-8-7-15(9-17(19)25(32)34)16-10-20(24(37-3)29-11-16)31-38(35,36)21-6-4-5-18(26)22(21)27/h4-11,13-14,31H,12H2,1-3H3,(H,28,33)/t14-/m1/s1. The van der Waals surface area contributed by atoms with Crippen LogP contribution in [-0.2, 0) is 21.4 Å². The third-order valence-corrected chi connectivity index (χ3v) is 7.20. The fraction of sp³-hybridized carbons (Fsp3) is 0.200. The minimum atomic E-state index is -4.55. The Hall–Kier alpha value is -4.39. The lowest BCUT2D eigenvalue weighted by Gasteiger charge is -2.14. The maximum Gasteiger partial charge on any atom is 0.265 e. The first-order valence-electron chi connectivity index (χ1n) is 11.3. The number of halogens is 2. The van der Waals surface area contributed by atoms with Crippen LogP contribution in [0.5, 0.6) is 5.88 Å². The molecular formula is C25H23F2N5O5S. The van der Waals surface area contributed by atoms with Crippen LogP contribution in [0.3, 0.4) is 0 Å². The molecule has 38 heavy (non-hydrogen) atoms. The largest absolute Gasteiger partial charge is 0.480 e. The Kier molecular flexibility index (Phi) is 7.39. The van der Waals surface area contributed by atoms with E-state index in [9.17, 15) is 26.8 Å². The van der Waals surface area contributed by atoms with Gasteiger partial charge in [-0.05, 0) is 35.9 Å². The van der Waals surface area contributed by atoms with E-state index in [2.05, 4.69) is 20.0 Å². The molecule has 0 bridgehead atoms. The second kappa shape index (κ2) is 10.5. The average molecular weight is 544 g/mol. The van der Waals surface area contributed by atoms with Gasteiger partial charge in [-0.25, -0.2) is 27.2 Å². The fourth-order valence-electron chi connectivity index (χ4n) is 3.83. The predicted octanol–water partition coefficient (Wildman–Crippen LogP) is 2.93. The van der Waals surface area contributed by atoms with E-state index in [4.69, 9.17) is 4.74 Å². The number of anilines is 1. The first-order chi connectivity index (χ1) is 18.1. The highest BCUT2D eigenvalue weighted by Crippen LogP contribution is 2.31. The van der Waals surface area contributed by atoms with Crippen molar-refractivity contribution in [3.05, 3.63) is 77.0 Å². The summed E-state index contributed by atoms with van der Waals surface area (Å²) in [6.45, 7) is 1.81. The lowest BCUT2D eigenvalue weighted by Crippen LogP contribution is -2.32. The predicted molar refractivity (Wildman–Crippen MR) is 136 cm³/mol. The van der Waals surface area contributed by atoms with Gasteiger partial charge in [-0.3, -0.25) is 18.9 Å². The summed E-state index contributed by atoms with van der Waals surface area (Å²) in [5, 5.41) is 2.81. The van der Waals surface area contributed by atoms with Gasteiger partial charge in [0, 0.05) is 25.4 Å². The second-order valence-corrected chi connectivity index (χ2v) is 10.0. The average Bonchev–Trinajstić information content (AvgIpc) is 2.90. The van der Waals surface area contributed by atoms with Crippen LogP contribution in [0.4, 0.5) is 14.5 Å². The van der Waals surface area contributed by atoms with Crippen LogP contribution in [0.15, 0.2) is 64.7 Å². The number of aromatic nitrogens is 3. The van der Waals surface area contributed by atoms with Crippen molar-refractivity contribution in [3.8, 4) is 17.0 Å². The molecule has 2 heterocycles.